The number of aromatic nitrogens is 4. The fraction of sp³-hybridized carbons (Fsp3) is 0.277. The van der Waals surface area contributed by atoms with E-state index in [0.717, 1.165) is 70.5 Å². The molecule has 312 valence electrons. The van der Waals surface area contributed by atoms with Gasteiger partial charge in [0.25, 0.3) is 0 Å². The first-order valence-electron chi connectivity index (χ1n) is 20.6. The molecule has 5 N–H and O–H groups in total. The van der Waals surface area contributed by atoms with Crippen LogP contribution in [-0.4, -0.2) is 91.1 Å². The van der Waals surface area contributed by atoms with Crippen LogP contribution in [-0.2, 0) is 27.2 Å². The minimum atomic E-state index is -1.24. The number of nitrogens with zero attached hydrogens (tertiary/aromatic N) is 4. The average Bonchev–Trinajstić information content (AvgIpc) is 4.14. The van der Waals surface area contributed by atoms with E-state index in [9.17, 15) is 24.3 Å². The Morgan fingerprint density at radius 3 is 1.46 bits per heavy atom. The van der Waals surface area contributed by atoms with E-state index in [0.29, 0.717) is 31.2 Å². The van der Waals surface area contributed by atoms with Crippen LogP contribution >= 0.6 is 0 Å². The zero-order chi connectivity index (χ0) is 42.3. The van der Waals surface area contributed by atoms with Gasteiger partial charge < -0.3 is 40.2 Å². The van der Waals surface area contributed by atoms with E-state index in [1.807, 2.05) is 84.9 Å². The van der Waals surface area contributed by atoms with E-state index in [2.05, 4.69) is 49.9 Å². The van der Waals surface area contributed by atoms with Crippen molar-refractivity contribution in [2.45, 2.75) is 62.7 Å². The first-order chi connectivity index (χ1) is 29.7. The zero-order valence-corrected chi connectivity index (χ0v) is 33.8. The highest BCUT2D eigenvalue weighted by Gasteiger charge is 2.38. The number of H-pyrrole nitrogens is 2. The molecule has 1 unspecified atom stereocenters. The summed E-state index contributed by atoms with van der Waals surface area (Å²) in [5, 5.41) is 14.7. The number of carbonyl (C=O) groups excluding carboxylic acids is 3. The first kappa shape index (κ1) is 40.6. The van der Waals surface area contributed by atoms with E-state index >= 15 is 0 Å². The van der Waals surface area contributed by atoms with E-state index in [4.69, 9.17) is 9.72 Å². The Labute approximate surface area is 353 Å². The second kappa shape index (κ2) is 18.4. The fourth-order valence-electron chi connectivity index (χ4n) is 8.47. The number of alkyl carbamates (subject to hydrolysis) is 1. The molecule has 4 aromatic carbocycles. The molecule has 0 radical (unpaired) electrons. The summed E-state index contributed by atoms with van der Waals surface area (Å²) in [5.41, 5.74) is 7.45. The van der Waals surface area contributed by atoms with Crippen molar-refractivity contribution in [2.75, 3.05) is 20.2 Å². The molecule has 4 atom stereocenters. The van der Waals surface area contributed by atoms with E-state index in [-0.39, 0.29) is 30.3 Å². The van der Waals surface area contributed by atoms with Crippen molar-refractivity contribution < 1.29 is 29.0 Å². The zero-order valence-electron chi connectivity index (χ0n) is 33.8. The number of ether oxygens (including phenoxy) is 1. The predicted molar refractivity (Wildman–Crippen MR) is 229 cm³/mol. The fourth-order valence-corrected chi connectivity index (χ4v) is 8.47. The molecule has 2 aliphatic rings. The number of imidazole rings is 2. The van der Waals surface area contributed by atoms with Gasteiger partial charge in [0.2, 0.25) is 11.8 Å². The molecule has 0 bridgehead atoms. The highest BCUT2D eigenvalue weighted by molar-refractivity contribution is 5.87. The third-order valence-corrected chi connectivity index (χ3v) is 11.6. The van der Waals surface area contributed by atoms with Gasteiger partial charge in [0.1, 0.15) is 23.7 Å². The maximum atomic E-state index is 13.9. The molecule has 14 nitrogen and oxygen atoms in total. The molecule has 61 heavy (non-hydrogen) atoms. The number of methoxy groups -OCH3 is 1. The van der Waals surface area contributed by atoms with Crippen LogP contribution in [0.1, 0.15) is 60.5 Å². The smallest absolute Gasteiger partial charge is 0.407 e. The molecule has 2 aliphatic heterocycles. The van der Waals surface area contributed by atoms with Crippen LogP contribution in [0, 0.1) is 0 Å². The summed E-state index contributed by atoms with van der Waals surface area (Å²) in [7, 11) is 1.29. The Balaban J connectivity index is 0.913. The van der Waals surface area contributed by atoms with Crippen molar-refractivity contribution in [3.05, 3.63) is 144 Å². The van der Waals surface area contributed by atoms with Gasteiger partial charge in [0.15, 0.2) is 0 Å². The molecule has 0 saturated carbocycles. The first-order valence-corrected chi connectivity index (χ1v) is 20.6. The van der Waals surface area contributed by atoms with Crippen LogP contribution in [0.3, 0.4) is 0 Å². The molecule has 0 spiro atoms. The maximum Gasteiger partial charge on any atom is 0.407 e. The lowest BCUT2D eigenvalue weighted by Crippen LogP contribution is -2.49. The van der Waals surface area contributed by atoms with Gasteiger partial charge >= 0.3 is 12.2 Å². The van der Waals surface area contributed by atoms with Crippen LogP contribution in [0.2, 0.25) is 0 Å². The Bertz CT molecular complexity index is 2450. The summed E-state index contributed by atoms with van der Waals surface area (Å²) in [6.07, 6.45) is 5.38. The molecule has 2 fully saturated rings. The lowest BCUT2D eigenvalue weighted by Gasteiger charge is -2.28. The Kier molecular flexibility index (Phi) is 12.2. The predicted octanol–water partition coefficient (Wildman–Crippen LogP) is 7.31. The lowest BCUT2D eigenvalue weighted by molar-refractivity contribution is -0.135. The number of aromatic amines is 2. The summed E-state index contributed by atoms with van der Waals surface area (Å²) in [5.74, 6) is 0.937. The Morgan fingerprint density at radius 1 is 0.639 bits per heavy atom. The molecular weight excluding hydrogens is 773 g/mol. The molecule has 4 heterocycles. The standard InChI is InChI=1S/C47H48N8O6/c1-61-47(60)53-37(27-31-12-6-3-7-13-31)45(57)55-25-9-15-41(55)43-49-29-39(51-43)35-22-18-33(19-23-35)32-16-20-34(21-17-32)38-28-48-42(50-38)40-14-8-24-54(40)44(56)36(52-46(58)59)26-30-10-4-2-5-11-30/h2-7,10-13,16-23,28-29,36-37,40-41,52H,8-9,14-15,24-27H2,1H3,(H,48,50)(H,49,51)(H,53,60)(H,58,59)/t36-,37+,40+,41?/m1/s1. The number of benzene rings is 4. The quantitative estimate of drug-likeness (QED) is 0.0803. The van der Waals surface area contributed by atoms with Crippen LogP contribution in [0.25, 0.3) is 33.6 Å². The van der Waals surface area contributed by atoms with E-state index < -0.39 is 24.3 Å². The highest BCUT2D eigenvalue weighted by Crippen LogP contribution is 2.35. The van der Waals surface area contributed by atoms with E-state index in [1.165, 1.54) is 7.11 Å². The van der Waals surface area contributed by atoms with Gasteiger partial charge in [-0.25, -0.2) is 19.6 Å². The Hall–Kier alpha value is -7.22. The van der Waals surface area contributed by atoms with Crippen molar-refractivity contribution in [1.29, 1.82) is 0 Å². The summed E-state index contributed by atoms with van der Waals surface area (Å²) < 4.78 is 4.84. The molecule has 4 amide bonds. The number of nitrogens with one attached hydrogen (secondary N) is 4. The number of likely N-dealkylation sites (tertiary alicyclic amines) is 2. The summed E-state index contributed by atoms with van der Waals surface area (Å²) in [6, 6.07) is 33.2. The molecule has 6 aromatic rings. The molecule has 2 aromatic heterocycles. The van der Waals surface area contributed by atoms with E-state index in [1.54, 1.807) is 22.2 Å². The second-order valence-corrected chi connectivity index (χ2v) is 15.5. The van der Waals surface area contributed by atoms with Gasteiger partial charge in [-0.05, 0) is 59.1 Å². The van der Waals surface area contributed by atoms with Gasteiger partial charge in [-0.3, -0.25) is 9.59 Å². The summed E-state index contributed by atoms with van der Waals surface area (Å²) >= 11 is 0. The summed E-state index contributed by atoms with van der Waals surface area (Å²) in [6.45, 7) is 1.09. The molecule has 8 rings (SSSR count). The van der Waals surface area contributed by atoms with Crippen LogP contribution in [0.5, 0.6) is 0 Å². The highest BCUT2D eigenvalue weighted by atomic mass is 16.5. The second-order valence-electron chi connectivity index (χ2n) is 15.5. The molecule has 2 saturated heterocycles. The van der Waals surface area contributed by atoms with Gasteiger partial charge in [0, 0.05) is 25.9 Å². The van der Waals surface area contributed by atoms with Gasteiger partial charge in [-0.1, -0.05) is 109 Å². The topological polar surface area (TPSA) is 186 Å². The van der Waals surface area contributed by atoms with Crippen LogP contribution in [0.4, 0.5) is 9.59 Å². The van der Waals surface area contributed by atoms with Crippen molar-refractivity contribution in [3.8, 4) is 33.6 Å². The summed E-state index contributed by atoms with van der Waals surface area (Å²) in [4.78, 5) is 71.3. The third-order valence-electron chi connectivity index (χ3n) is 11.6. The molecular formula is C47H48N8O6. The van der Waals surface area contributed by atoms with Crippen LogP contribution in [0.15, 0.2) is 122 Å². The van der Waals surface area contributed by atoms with Gasteiger partial charge in [0.05, 0.1) is 43.0 Å². The van der Waals surface area contributed by atoms with Crippen molar-refractivity contribution in [1.82, 2.24) is 40.4 Å². The number of hydrogen-bond acceptors (Lipinski definition) is 7. The van der Waals surface area contributed by atoms with Crippen molar-refractivity contribution in [3.63, 3.8) is 0 Å². The monoisotopic (exact) mass is 820 g/mol. The van der Waals surface area contributed by atoms with Gasteiger partial charge in [-0.2, -0.15) is 0 Å². The normalized spacial score (nSPS) is 17.1. The molecule has 0 aliphatic carbocycles. The SMILES string of the molecule is COC(=O)N[C@@H](Cc1ccccc1)C(=O)N1CCCC1c1ncc(-c2ccc(-c3ccc(-c4cnc([C@@H]5CCCN5C(=O)[C@@H](Cc5ccccc5)NC(=O)O)[nH]4)cc3)cc2)[nH]1. The number of rotatable bonds is 13. The maximum absolute atomic E-state index is 13.9. The third kappa shape index (κ3) is 9.33. The number of amides is 4. The lowest BCUT2D eigenvalue weighted by atomic mass is 10.0. The number of carboxylic acid groups (broad SMARTS) is 1. The van der Waals surface area contributed by atoms with Crippen molar-refractivity contribution in [2.24, 2.45) is 0 Å². The minimum absolute atomic E-state index is 0.175. The van der Waals surface area contributed by atoms with Crippen LogP contribution < -0.4 is 10.6 Å². The molecule has 14 heteroatoms. The number of carbonyl (C=O) groups is 4. The van der Waals surface area contributed by atoms with Crippen molar-refractivity contribution >= 4 is 24.0 Å². The average molecular weight is 821 g/mol. The number of hydrogen-bond donors (Lipinski definition) is 5. The minimum Gasteiger partial charge on any atom is -0.465 e. The van der Waals surface area contributed by atoms with Gasteiger partial charge in [-0.15, -0.1) is 0 Å². The largest absolute Gasteiger partial charge is 0.465 e. The Morgan fingerprint density at radius 2 is 1.05 bits per heavy atom.